The van der Waals surface area contributed by atoms with Crippen molar-refractivity contribution >= 4 is 11.6 Å². The van der Waals surface area contributed by atoms with Crippen LogP contribution in [-0.2, 0) is 29.1 Å². The molecule has 0 aliphatic rings. The zero-order valence-electron chi connectivity index (χ0n) is 17.3. The van der Waals surface area contributed by atoms with Gasteiger partial charge >= 0.3 is 0 Å². The van der Waals surface area contributed by atoms with Crippen LogP contribution >= 0.6 is 11.6 Å². The van der Waals surface area contributed by atoms with Crippen LogP contribution in [0.25, 0.3) is 0 Å². The molecule has 2 N–H and O–H groups in total. The van der Waals surface area contributed by atoms with Gasteiger partial charge in [-0.2, -0.15) is 0 Å². The molecule has 0 heterocycles. The summed E-state index contributed by atoms with van der Waals surface area (Å²) in [5, 5.41) is 0.701. The second kappa shape index (κ2) is 11.7. The minimum absolute atomic E-state index is 0.327. The van der Waals surface area contributed by atoms with E-state index in [2.05, 4.69) is 6.58 Å². The Morgan fingerprint density at radius 2 is 1.29 bits per heavy atom. The van der Waals surface area contributed by atoms with Crippen LogP contribution in [0, 0.1) is 0 Å². The number of allylic oxidation sites excluding steroid dienone is 3. The average Bonchev–Trinajstić information content (AvgIpc) is 2.81. The van der Waals surface area contributed by atoms with Crippen LogP contribution in [0.4, 0.5) is 0 Å². The van der Waals surface area contributed by atoms with Crippen LogP contribution in [0.2, 0.25) is 5.02 Å². The van der Waals surface area contributed by atoms with Crippen molar-refractivity contribution in [2.45, 2.75) is 19.6 Å². The van der Waals surface area contributed by atoms with Gasteiger partial charge in [0.25, 0.3) is 0 Å². The summed E-state index contributed by atoms with van der Waals surface area (Å²) in [6, 6.07) is 27.6. The normalized spacial score (nSPS) is 11.8. The fourth-order valence-electron chi connectivity index (χ4n) is 2.88. The van der Waals surface area contributed by atoms with E-state index >= 15 is 0 Å². The van der Waals surface area contributed by atoms with Crippen LogP contribution in [0.1, 0.15) is 16.7 Å². The van der Waals surface area contributed by atoms with Gasteiger partial charge in [-0.3, -0.25) is 0 Å². The molecule has 3 nitrogen and oxygen atoms in total. The SMILES string of the molecule is C=C(OCc1ccccc1)/C(=C\C=C(/N)OCc1ccccc1)Cc1ccc(Cl)cc1. The molecule has 0 saturated carbocycles. The van der Waals surface area contributed by atoms with Gasteiger partial charge in [-0.05, 0) is 46.5 Å². The van der Waals surface area contributed by atoms with Gasteiger partial charge in [0.1, 0.15) is 19.0 Å². The van der Waals surface area contributed by atoms with Crippen molar-refractivity contribution < 1.29 is 9.47 Å². The van der Waals surface area contributed by atoms with Gasteiger partial charge in [0, 0.05) is 11.4 Å². The predicted octanol–water partition coefficient (Wildman–Crippen LogP) is 6.56. The topological polar surface area (TPSA) is 44.5 Å². The summed E-state index contributed by atoms with van der Waals surface area (Å²) in [4.78, 5) is 0. The van der Waals surface area contributed by atoms with Crippen molar-refractivity contribution in [3.05, 3.63) is 143 Å². The van der Waals surface area contributed by atoms with E-state index in [4.69, 9.17) is 26.8 Å². The minimum atomic E-state index is 0.327. The maximum atomic E-state index is 6.05. The lowest BCUT2D eigenvalue weighted by Gasteiger charge is -2.13. The summed E-state index contributed by atoms with van der Waals surface area (Å²) in [6.07, 6.45) is 4.26. The van der Waals surface area contributed by atoms with Crippen LogP contribution in [0.5, 0.6) is 0 Å². The fourth-order valence-corrected chi connectivity index (χ4v) is 3.01. The zero-order chi connectivity index (χ0) is 21.9. The van der Waals surface area contributed by atoms with Gasteiger partial charge in [0.05, 0.1) is 0 Å². The summed E-state index contributed by atoms with van der Waals surface area (Å²) in [7, 11) is 0. The molecule has 0 fully saturated rings. The standard InChI is InChI=1S/C27H26ClNO2/c1-21(30-19-23-8-4-2-5-9-23)25(18-22-12-15-26(28)16-13-22)14-17-27(29)31-20-24-10-6-3-7-11-24/h2-17H,1,18-20,29H2/b25-14-,27-17+. The maximum Gasteiger partial charge on any atom is 0.184 e. The zero-order valence-corrected chi connectivity index (χ0v) is 18.1. The molecule has 0 unspecified atom stereocenters. The predicted molar refractivity (Wildman–Crippen MR) is 127 cm³/mol. The summed E-state index contributed by atoms with van der Waals surface area (Å²) in [5.41, 5.74) is 10.2. The first kappa shape index (κ1) is 22.3. The van der Waals surface area contributed by atoms with Crippen molar-refractivity contribution in [2.24, 2.45) is 5.73 Å². The van der Waals surface area contributed by atoms with Gasteiger partial charge < -0.3 is 15.2 Å². The summed E-state index contributed by atoms with van der Waals surface area (Å²) < 4.78 is 11.6. The van der Waals surface area contributed by atoms with Gasteiger partial charge in [0.15, 0.2) is 5.88 Å². The Morgan fingerprint density at radius 1 is 0.742 bits per heavy atom. The minimum Gasteiger partial charge on any atom is -0.489 e. The number of nitrogens with two attached hydrogens (primary N) is 1. The van der Waals surface area contributed by atoms with Gasteiger partial charge in [-0.15, -0.1) is 0 Å². The van der Waals surface area contributed by atoms with Crippen LogP contribution in [-0.4, -0.2) is 0 Å². The lowest BCUT2D eigenvalue weighted by atomic mass is 10.0. The Labute approximate surface area is 189 Å². The number of rotatable bonds is 10. The molecule has 0 spiro atoms. The first-order valence-corrected chi connectivity index (χ1v) is 10.4. The third-order valence-electron chi connectivity index (χ3n) is 4.62. The first-order chi connectivity index (χ1) is 15.1. The monoisotopic (exact) mass is 431 g/mol. The second-order valence-corrected chi connectivity index (χ2v) is 7.47. The Hall–Kier alpha value is -3.43. The van der Waals surface area contributed by atoms with Gasteiger partial charge in [-0.25, -0.2) is 0 Å². The van der Waals surface area contributed by atoms with E-state index in [1.54, 1.807) is 6.08 Å². The molecular weight excluding hydrogens is 406 g/mol. The van der Waals surface area contributed by atoms with E-state index in [0.29, 0.717) is 36.3 Å². The smallest absolute Gasteiger partial charge is 0.184 e. The second-order valence-electron chi connectivity index (χ2n) is 7.04. The van der Waals surface area contributed by atoms with E-state index in [9.17, 15) is 0 Å². The van der Waals surface area contributed by atoms with Crippen molar-refractivity contribution in [1.82, 2.24) is 0 Å². The highest BCUT2D eigenvalue weighted by Crippen LogP contribution is 2.20. The molecule has 3 aromatic rings. The molecule has 0 radical (unpaired) electrons. The van der Waals surface area contributed by atoms with Gasteiger partial charge in [-0.1, -0.05) is 91.0 Å². The Kier molecular flexibility index (Phi) is 8.39. The van der Waals surface area contributed by atoms with Crippen molar-refractivity contribution in [1.29, 1.82) is 0 Å². The lowest BCUT2D eigenvalue weighted by molar-refractivity contribution is 0.196. The molecule has 0 aliphatic heterocycles. The van der Waals surface area contributed by atoms with E-state index in [1.807, 2.05) is 91.0 Å². The third-order valence-corrected chi connectivity index (χ3v) is 4.87. The quantitative estimate of drug-likeness (QED) is 0.292. The molecule has 3 rings (SSSR count). The van der Waals surface area contributed by atoms with Gasteiger partial charge in [0.2, 0.25) is 0 Å². The number of hydrogen-bond acceptors (Lipinski definition) is 3. The van der Waals surface area contributed by atoms with E-state index in [-0.39, 0.29) is 0 Å². The summed E-state index contributed by atoms with van der Waals surface area (Å²) in [5.74, 6) is 0.916. The third kappa shape index (κ3) is 7.72. The highest BCUT2D eigenvalue weighted by atomic mass is 35.5. The molecule has 0 saturated heterocycles. The average molecular weight is 432 g/mol. The highest BCUT2D eigenvalue weighted by Gasteiger charge is 2.07. The molecule has 0 aliphatic carbocycles. The van der Waals surface area contributed by atoms with Crippen LogP contribution < -0.4 is 5.73 Å². The van der Waals surface area contributed by atoms with Crippen molar-refractivity contribution in [3.8, 4) is 0 Å². The van der Waals surface area contributed by atoms with Crippen LogP contribution in [0.3, 0.4) is 0 Å². The Bertz CT molecular complexity index is 1030. The molecule has 0 aromatic heterocycles. The lowest BCUT2D eigenvalue weighted by Crippen LogP contribution is -2.03. The summed E-state index contributed by atoms with van der Waals surface area (Å²) >= 11 is 6.02. The fraction of sp³-hybridized carbons (Fsp3) is 0.111. The van der Waals surface area contributed by atoms with E-state index in [1.165, 1.54) is 0 Å². The Balaban J connectivity index is 1.70. The molecule has 3 aromatic carbocycles. The molecule has 4 heteroatoms. The maximum absolute atomic E-state index is 6.05. The molecule has 31 heavy (non-hydrogen) atoms. The number of halogens is 1. The molecule has 0 bridgehead atoms. The Morgan fingerprint density at radius 3 is 1.87 bits per heavy atom. The molecule has 158 valence electrons. The largest absolute Gasteiger partial charge is 0.489 e. The first-order valence-electron chi connectivity index (χ1n) is 10.0. The van der Waals surface area contributed by atoms with Crippen molar-refractivity contribution in [2.75, 3.05) is 0 Å². The molecular formula is C27H26ClNO2. The number of ether oxygens (including phenoxy) is 2. The number of hydrogen-bond donors (Lipinski definition) is 1. The molecule has 0 amide bonds. The highest BCUT2D eigenvalue weighted by molar-refractivity contribution is 6.30. The molecule has 0 atom stereocenters. The van der Waals surface area contributed by atoms with Crippen molar-refractivity contribution in [3.63, 3.8) is 0 Å². The van der Waals surface area contributed by atoms with E-state index in [0.717, 1.165) is 22.3 Å². The van der Waals surface area contributed by atoms with E-state index < -0.39 is 0 Å². The van der Waals surface area contributed by atoms with Crippen LogP contribution in [0.15, 0.2) is 121 Å². The summed E-state index contributed by atoms with van der Waals surface area (Å²) in [6.45, 7) is 4.99. The number of benzene rings is 3.